The molecule has 1 aromatic heterocycles. The molecule has 8 heteroatoms. The number of hydrogen-bond donors (Lipinski definition) is 2. The molecule has 1 saturated heterocycles. The smallest absolute Gasteiger partial charge is 0.315 e. The molecule has 1 fully saturated rings. The number of amides is 3. The summed E-state index contributed by atoms with van der Waals surface area (Å²) < 4.78 is 18.0. The van der Waals surface area contributed by atoms with Crippen molar-refractivity contribution in [1.82, 2.24) is 15.8 Å². The van der Waals surface area contributed by atoms with Crippen molar-refractivity contribution in [2.75, 3.05) is 11.4 Å². The zero-order valence-electron chi connectivity index (χ0n) is 13.8. The van der Waals surface area contributed by atoms with Crippen LogP contribution in [0.3, 0.4) is 0 Å². The molecular weight excluding hydrogens is 327 g/mol. The summed E-state index contributed by atoms with van der Waals surface area (Å²) in [6, 6.07) is 4.90. The Morgan fingerprint density at radius 1 is 1.44 bits per heavy atom. The van der Waals surface area contributed by atoms with Gasteiger partial charge in [0.1, 0.15) is 23.8 Å². The number of aromatic nitrogens is 1. The van der Waals surface area contributed by atoms with Crippen molar-refractivity contribution < 1.29 is 18.5 Å². The van der Waals surface area contributed by atoms with E-state index in [1.807, 2.05) is 0 Å². The number of carbonyl (C=O) groups excluding carboxylic acids is 2. The van der Waals surface area contributed by atoms with E-state index in [0.717, 1.165) is 6.42 Å². The van der Waals surface area contributed by atoms with Gasteiger partial charge in [-0.05, 0) is 43.5 Å². The second-order valence-corrected chi connectivity index (χ2v) is 5.93. The number of benzene rings is 1. The lowest BCUT2D eigenvalue weighted by molar-refractivity contribution is -0.121. The van der Waals surface area contributed by atoms with Gasteiger partial charge in [-0.15, -0.1) is 0 Å². The highest BCUT2D eigenvalue weighted by Crippen LogP contribution is 2.25. The standard InChI is InChI=1S/C17H19FN4O3/c1-11-9-12(18)4-5-15(11)22-7-2-3-14(16(22)23)20-17(24)19-10-13-6-8-25-21-13/h4-6,8-9,14H,2-3,7,10H2,1H3,(H2,19,20,24). The molecule has 25 heavy (non-hydrogen) atoms. The molecule has 0 radical (unpaired) electrons. The molecule has 1 aliphatic rings. The predicted molar refractivity (Wildman–Crippen MR) is 88.4 cm³/mol. The molecule has 2 aromatic rings. The Morgan fingerprint density at radius 3 is 3.00 bits per heavy atom. The summed E-state index contributed by atoms with van der Waals surface area (Å²) in [5.41, 5.74) is 1.94. The molecule has 0 aliphatic carbocycles. The topological polar surface area (TPSA) is 87.5 Å². The quantitative estimate of drug-likeness (QED) is 0.888. The molecule has 2 N–H and O–H groups in total. The first kappa shape index (κ1) is 16.9. The summed E-state index contributed by atoms with van der Waals surface area (Å²) >= 11 is 0. The van der Waals surface area contributed by atoms with Gasteiger partial charge in [0.05, 0.1) is 6.54 Å². The fraction of sp³-hybridized carbons (Fsp3) is 0.353. The lowest BCUT2D eigenvalue weighted by atomic mass is 10.0. The van der Waals surface area contributed by atoms with Crippen LogP contribution in [-0.2, 0) is 11.3 Å². The van der Waals surface area contributed by atoms with Crippen LogP contribution >= 0.6 is 0 Å². The number of nitrogens with one attached hydrogen (secondary N) is 2. The highest BCUT2D eigenvalue weighted by Gasteiger charge is 2.31. The van der Waals surface area contributed by atoms with E-state index in [9.17, 15) is 14.0 Å². The molecule has 0 saturated carbocycles. The summed E-state index contributed by atoms with van der Waals surface area (Å²) in [6.07, 6.45) is 2.73. The SMILES string of the molecule is Cc1cc(F)ccc1N1CCCC(NC(=O)NCc2ccon2)C1=O. The van der Waals surface area contributed by atoms with E-state index in [1.165, 1.54) is 18.4 Å². The summed E-state index contributed by atoms with van der Waals surface area (Å²) in [5.74, 6) is -0.537. The molecular formula is C17H19FN4O3. The molecule has 2 heterocycles. The third-order valence-electron chi connectivity index (χ3n) is 4.11. The zero-order valence-corrected chi connectivity index (χ0v) is 13.8. The van der Waals surface area contributed by atoms with Gasteiger partial charge in [-0.1, -0.05) is 5.16 Å². The number of aryl methyl sites for hydroxylation is 1. The van der Waals surface area contributed by atoms with E-state index in [0.29, 0.717) is 29.9 Å². The van der Waals surface area contributed by atoms with Crippen molar-refractivity contribution in [1.29, 1.82) is 0 Å². The number of rotatable bonds is 4. The molecule has 0 bridgehead atoms. The predicted octanol–water partition coefficient (Wildman–Crippen LogP) is 2.12. The first-order valence-electron chi connectivity index (χ1n) is 8.06. The fourth-order valence-electron chi connectivity index (χ4n) is 2.88. The lowest BCUT2D eigenvalue weighted by Crippen LogP contribution is -2.54. The average Bonchev–Trinajstić information content (AvgIpc) is 3.09. The number of hydrogen-bond acceptors (Lipinski definition) is 4. The molecule has 1 atom stereocenters. The molecule has 7 nitrogen and oxygen atoms in total. The van der Waals surface area contributed by atoms with E-state index in [1.54, 1.807) is 24.0 Å². The minimum Gasteiger partial charge on any atom is -0.364 e. The second kappa shape index (κ2) is 7.33. The minimum absolute atomic E-state index is 0.197. The maximum Gasteiger partial charge on any atom is 0.315 e. The van der Waals surface area contributed by atoms with E-state index < -0.39 is 12.1 Å². The number of anilines is 1. The third kappa shape index (κ3) is 3.96. The van der Waals surface area contributed by atoms with Crippen molar-refractivity contribution in [2.45, 2.75) is 32.4 Å². The fourth-order valence-corrected chi connectivity index (χ4v) is 2.88. The molecule has 1 aromatic carbocycles. The first-order valence-corrected chi connectivity index (χ1v) is 8.06. The monoisotopic (exact) mass is 346 g/mol. The van der Waals surface area contributed by atoms with Crippen LogP contribution in [0.1, 0.15) is 24.1 Å². The van der Waals surface area contributed by atoms with E-state index >= 15 is 0 Å². The number of carbonyl (C=O) groups is 2. The Labute approximate surface area is 144 Å². The van der Waals surface area contributed by atoms with E-state index in [-0.39, 0.29) is 18.3 Å². The Kier molecular flexibility index (Phi) is 4.97. The minimum atomic E-state index is -0.615. The first-order chi connectivity index (χ1) is 12.0. The van der Waals surface area contributed by atoms with Crippen LogP contribution in [0.15, 0.2) is 35.1 Å². The second-order valence-electron chi connectivity index (χ2n) is 5.93. The van der Waals surface area contributed by atoms with Gasteiger partial charge in [-0.2, -0.15) is 0 Å². The van der Waals surface area contributed by atoms with Gasteiger partial charge < -0.3 is 20.1 Å². The number of urea groups is 1. The van der Waals surface area contributed by atoms with Crippen molar-refractivity contribution in [3.63, 3.8) is 0 Å². The molecule has 3 rings (SSSR count). The van der Waals surface area contributed by atoms with Gasteiger partial charge in [-0.3, -0.25) is 4.79 Å². The largest absolute Gasteiger partial charge is 0.364 e. The Hall–Kier alpha value is -2.90. The van der Waals surface area contributed by atoms with Gasteiger partial charge in [0, 0.05) is 18.3 Å². The normalized spacial score (nSPS) is 17.4. The van der Waals surface area contributed by atoms with Crippen molar-refractivity contribution in [3.05, 3.63) is 47.6 Å². The van der Waals surface area contributed by atoms with Crippen LogP contribution in [0, 0.1) is 12.7 Å². The van der Waals surface area contributed by atoms with Gasteiger partial charge >= 0.3 is 6.03 Å². The van der Waals surface area contributed by atoms with Crippen LogP contribution in [0.4, 0.5) is 14.9 Å². The van der Waals surface area contributed by atoms with Crippen LogP contribution in [-0.4, -0.2) is 29.7 Å². The van der Waals surface area contributed by atoms with Crippen LogP contribution in [0.2, 0.25) is 0 Å². The number of halogens is 1. The number of piperidine rings is 1. The maximum atomic E-state index is 13.3. The molecule has 132 valence electrons. The molecule has 3 amide bonds. The molecule has 1 unspecified atom stereocenters. The summed E-state index contributed by atoms with van der Waals surface area (Å²) in [6.45, 7) is 2.52. The van der Waals surface area contributed by atoms with E-state index in [2.05, 4.69) is 20.3 Å². The summed E-state index contributed by atoms with van der Waals surface area (Å²) in [4.78, 5) is 26.3. The Balaban J connectivity index is 1.62. The lowest BCUT2D eigenvalue weighted by Gasteiger charge is -2.33. The summed E-state index contributed by atoms with van der Waals surface area (Å²) in [7, 11) is 0. The van der Waals surface area contributed by atoms with Crippen LogP contribution in [0.5, 0.6) is 0 Å². The zero-order chi connectivity index (χ0) is 17.8. The highest BCUT2D eigenvalue weighted by molar-refractivity contribution is 6.00. The van der Waals surface area contributed by atoms with Crippen molar-refractivity contribution in [3.8, 4) is 0 Å². The van der Waals surface area contributed by atoms with Crippen molar-refractivity contribution in [2.24, 2.45) is 0 Å². The van der Waals surface area contributed by atoms with Gasteiger partial charge in [0.15, 0.2) is 0 Å². The highest BCUT2D eigenvalue weighted by atomic mass is 19.1. The van der Waals surface area contributed by atoms with Gasteiger partial charge in [0.2, 0.25) is 5.91 Å². The van der Waals surface area contributed by atoms with Gasteiger partial charge in [0.25, 0.3) is 0 Å². The van der Waals surface area contributed by atoms with Crippen LogP contribution in [0.25, 0.3) is 0 Å². The van der Waals surface area contributed by atoms with Gasteiger partial charge in [-0.25, -0.2) is 9.18 Å². The molecule has 0 spiro atoms. The maximum absolute atomic E-state index is 13.3. The Bertz CT molecular complexity index is 763. The Morgan fingerprint density at radius 2 is 2.28 bits per heavy atom. The van der Waals surface area contributed by atoms with Crippen LogP contribution < -0.4 is 15.5 Å². The van der Waals surface area contributed by atoms with E-state index in [4.69, 9.17) is 0 Å². The molecule has 1 aliphatic heterocycles. The third-order valence-corrected chi connectivity index (χ3v) is 4.11. The van der Waals surface area contributed by atoms with Crippen molar-refractivity contribution >= 4 is 17.6 Å². The number of nitrogens with zero attached hydrogens (tertiary/aromatic N) is 2. The average molecular weight is 346 g/mol. The summed E-state index contributed by atoms with van der Waals surface area (Å²) in [5, 5.41) is 9.02.